The smallest absolute Gasteiger partial charge is 0.284 e. The zero-order chi connectivity index (χ0) is 16.9. The molecule has 1 heterocycles. The van der Waals surface area contributed by atoms with E-state index >= 15 is 0 Å². The predicted octanol–water partition coefficient (Wildman–Crippen LogP) is 3.04. The number of fused-ring (bicyclic) bond motifs is 1. The van der Waals surface area contributed by atoms with Crippen LogP contribution < -0.4 is 16.2 Å². The van der Waals surface area contributed by atoms with Crippen LogP contribution in [0.15, 0.2) is 54.7 Å². The van der Waals surface area contributed by atoms with Gasteiger partial charge in [-0.15, -0.1) is 0 Å². The third-order valence-electron chi connectivity index (χ3n) is 3.76. The molecule has 2 aromatic carbocycles. The van der Waals surface area contributed by atoms with E-state index in [1.54, 1.807) is 0 Å². The Morgan fingerprint density at radius 3 is 2.71 bits per heavy atom. The Morgan fingerprint density at radius 1 is 1.12 bits per heavy atom. The average Bonchev–Trinajstić information content (AvgIpc) is 3.00. The van der Waals surface area contributed by atoms with Crippen LogP contribution in [0.1, 0.15) is 11.1 Å². The molecule has 0 saturated heterocycles. The molecule has 6 heteroatoms. The summed E-state index contributed by atoms with van der Waals surface area (Å²) in [7, 11) is 0. The maximum Gasteiger partial charge on any atom is 0.284 e. The summed E-state index contributed by atoms with van der Waals surface area (Å²) in [6.45, 7) is 2.48. The summed E-state index contributed by atoms with van der Waals surface area (Å²) >= 11 is 5.12. The van der Waals surface area contributed by atoms with Crippen molar-refractivity contribution in [2.75, 3.05) is 5.32 Å². The standard InChI is InChI=1S/C18H18N4OS/c1-12-6-2-4-8-15(12)21-17(23)18(24)22-20-11-13-10-19-16-9-5-3-7-14(13)16/h2-10,19-20H,11H2,1H3,(H,21,23)(H,22,24). The van der Waals surface area contributed by atoms with E-state index in [9.17, 15) is 4.79 Å². The normalized spacial score (nSPS) is 10.5. The fourth-order valence-electron chi connectivity index (χ4n) is 2.45. The lowest BCUT2D eigenvalue weighted by Crippen LogP contribution is -2.42. The molecule has 0 aliphatic carbocycles. The van der Waals surface area contributed by atoms with Gasteiger partial charge in [0.05, 0.1) is 0 Å². The van der Waals surface area contributed by atoms with Crippen molar-refractivity contribution in [2.24, 2.45) is 0 Å². The first-order valence-corrected chi connectivity index (χ1v) is 8.01. The molecule has 0 aliphatic rings. The summed E-state index contributed by atoms with van der Waals surface area (Å²) in [5.74, 6) is -0.342. The van der Waals surface area contributed by atoms with Gasteiger partial charge in [0.2, 0.25) is 0 Å². The number of aromatic nitrogens is 1. The molecule has 24 heavy (non-hydrogen) atoms. The second-order valence-corrected chi connectivity index (χ2v) is 5.84. The fourth-order valence-corrected chi connectivity index (χ4v) is 2.57. The first-order chi connectivity index (χ1) is 11.6. The largest absolute Gasteiger partial charge is 0.361 e. The van der Waals surface area contributed by atoms with Gasteiger partial charge in [-0.25, -0.2) is 5.43 Å². The molecule has 0 aliphatic heterocycles. The number of hydrogen-bond donors (Lipinski definition) is 4. The zero-order valence-electron chi connectivity index (χ0n) is 13.2. The molecule has 0 bridgehead atoms. The van der Waals surface area contributed by atoms with Crippen LogP contribution in [0.3, 0.4) is 0 Å². The number of aryl methyl sites for hydroxylation is 1. The number of anilines is 1. The first-order valence-electron chi connectivity index (χ1n) is 7.60. The molecule has 3 aromatic rings. The van der Waals surface area contributed by atoms with E-state index in [1.165, 1.54) is 0 Å². The third-order valence-corrected chi connectivity index (χ3v) is 4.04. The van der Waals surface area contributed by atoms with E-state index in [4.69, 9.17) is 12.2 Å². The van der Waals surface area contributed by atoms with Crippen LogP contribution in [-0.4, -0.2) is 15.9 Å². The summed E-state index contributed by atoms with van der Waals surface area (Å²) in [5.41, 5.74) is 9.68. The van der Waals surface area contributed by atoms with E-state index in [-0.39, 0.29) is 10.9 Å². The minimum absolute atomic E-state index is 0.0955. The van der Waals surface area contributed by atoms with E-state index in [1.807, 2.05) is 61.7 Å². The molecule has 1 aromatic heterocycles. The minimum Gasteiger partial charge on any atom is -0.361 e. The third kappa shape index (κ3) is 3.61. The first kappa shape index (κ1) is 16.2. The highest BCUT2D eigenvalue weighted by atomic mass is 32.1. The predicted molar refractivity (Wildman–Crippen MR) is 101 cm³/mol. The van der Waals surface area contributed by atoms with Crippen molar-refractivity contribution < 1.29 is 4.79 Å². The molecule has 5 nitrogen and oxygen atoms in total. The fraction of sp³-hybridized carbons (Fsp3) is 0.111. The Morgan fingerprint density at radius 2 is 1.88 bits per heavy atom. The van der Waals surface area contributed by atoms with Crippen LogP contribution in [0.2, 0.25) is 0 Å². The highest BCUT2D eigenvalue weighted by Crippen LogP contribution is 2.17. The van der Waals surface area contributed by atoms with Gasteiger partial charge in [-0.2, -0.15) is 0 Å². The van der Waals surface area contributed by atoms with Crippen LogP contribution in [0.5, 0.6) is 0 Å². The number of H-pyrrole nitrogens is 1. The maximum absolute atomic E-state index is 12.1. The topological polar surface area (TPSA) is 69.0 Å². The summed E-state index contributed by atoms with van der Waals surface area (Å²) < 4.78 is 0. The van der Waals surface area contributed by atoms with Crippen LogP contribution >= 0.6 is 12.2 Å². The van der Waals surface area contributed by atoms with Crippen molar-refractivity contribution in [2.45, 2.75) is 13.5 Å². The van der Waals surface area contributed by atoms with E-state index in [0.717, 1.165) is 27.7 Å². The molecule has 0 unspecified atom stereocenters. The number of benzene rings is 2. The van der Waals surface area contributed by atoms with Gasteiger partial charge in [0.1, 0.15) is 0 Å². The van der Waals surface area contributed by atoms with Crippen molar-refractivity contribution >= 4 is 39.7 Å². The quantitative estimate of drug-likeness (QED) is 0.436. The Labute approximate surface area is 145 Å². The van der Waals surface area contributed by atoms with Gasteiger partial charge in [0, 0.05) is 29.3 Å². The Kier molecular flexibility index (Phi) is 4.88. The van der Waals surface area contributed by atoms with Gasteiger partial charge < -0.3 is 15.7 Å². The molecule has 3 rings (SSSR count). The van der Waals surface area contributed by atoms with Crippen LogP contribution in [0.25, 0.3) is 10.9 Å². The molecule has 0 radical (unpaired) electrons. The van der Waals surface area contributed by atoms with Gasteiger partial charge in [0.25, 0.3) is 5.91 Å². The van der Waals surface area contributed by atoms with E-state index < -0.39 is 0 Å². The number of amides is 1. The second kappa shape index (κ2) is 7.25. The molecule has 0 fully saturated rings. The number of carbonyl (C=O) groups excluding carboxylic acids is 1. The summed E-state index contributed by atoms with van der Waals surface area (Å²) in [6, 6.07) is 15.6. The van der Waals surface area contributed by atoms with Gasteiger partial charge >= 0.3 is 0 Å². The van der Waals surface area contributed by atoms with E-state index in [2.05, 4.69) is 21.2 Å². The number of hydrogen-bond acceptors (Lipinski definition) is 3. The maximum atomic E-state index is 12.1. The lowest BCUT2D eigenvalue weighted by Gasteiger charge is -2.11. The lowest BCUT2D eigenvalue weighted by molar-refractivity contribution is -0.110. The summed E-state index contributed by atoms with van der Waals surface area (Å²) in [6.07, 6.45) is 1.94. The highest BCUT2D eigenvalue weighted by Gasteiger charge is 2.10. The number of thiocarbonyl (C=S) groups is 1. The second-order valence-electron chi connectivity index (χ2n) is 5.44. The number of para-hydroxylation sites is 2. The monoisotopic (exact) mass is 338 g/mol. The van der Waals surface area contributed by atoms with Gasteiger partial charge in [-0.05, 0) is 30.2 Å². The Hall–Kier alpha value is -2.70. The van der Waals surface area contributed by atoms with Crippen LogP contribution in [-0.2, 0) is 11.3 Å². The SMILES string of the molecule is Cc1ccccc1NC(=O)C(=S)NNCc1c[nH]c2ccccc12. The van der Waals surface area contributed by atoms with Gasteiger partial charge in [-0.1, -0.05) is 48.6 Å². The number of nitrogens with one attached hydrogen (secondary N) is 4. The Balaban J connectivity index is 1.54. The van der Waals surface area contributed by atoms with Crippen molar-refractivity contribution in [3.8, 4) is 0 Å². The van der Waals surface area contributed by atoms with Crippen molar-refractivity contribution in [1.29, 1.82) is 0 Å². The molecular weight excluding hydrogens is 320 g/mol. The molecule has 0 atom stereocenters. The number of aromatic amines is 1. The van der Waals surface area contributed by atoms with Crippen LogP contribution in [0, 0.1) is 6.92 Å². The molecule has 4 N–H and O–H groups in total. The number of hydrazine groups is 1. The van der Waals surface area contributed by atoms with Crippen LogP contribution in [0.4, 0.5) is 5.69 Å². The van der Waals surface area contributed by atoms with Crippen molar-refractivity contribution in [1.82, 2.24) is 15.8 Å². The molecule has 0 spiro atoms. The molecule has 1 amide bonds. The van der Waals surface area contributed by atoms with Gasteiger partial charge in [-0.3, -0.25) is 4.79 Å². The Bertz CT molecular complexity index is 887. The van der Waals surface area contributed by atoms with E-state index in [0.29, 0.717) is 6.54 Å². The molecule has 0 saturated carbocycles. The summed E-state index contributed by atoms with van der Waals surface area (Å²) in [5, 5.41) is 3.94. The van der Waals surface area contributed by atoms with Crippen molar-refractivity contribution in [3.05, 3.63) is 65.9 Å². The number of carbonyl (C=O) groups is 1. The molecular formula is C18H18N4OS. The minimum atomic E-state index is -0.342. The average molecular weight is 338 g/mol. The lowest BCUT2D eigenvalue weighted by atomic mass is 10.2. The molecule has 122 valence electrons. The summed E-state index contributed by atoms with van der Waals surface area (Å²) in [4.78, 5) is 15.4. The zero-order valence-corrected chi connectivity index (χ0v) is 14.0. The number of rotatable bonds is 4. The highest BCUT2D eigenvalue weighted by molar-refractivity contribution is 7.82. The van der Waals surface area contributed by atoms with Crippen molar-refractivity contribution in [3.63, 3.8) is 0 Å². The van der Waals surface area contributed by atoms with Gasteiger partial charge in [0.15, 0.2) is 4.99 Å².